The van der Waals surface area contributed by atoms with Gasteiger partial charge in [-0.05, 0) is 6.07 Å². The molecular formula is C15H13N3O2. The van der Waals surface area contributed by atoms with E-state index in [-0.39, 0.29) is 18.1 Å². The van der Waals surface area contributed by atoms with Crippen LogP contribution >= 0.6 is 0 Å². The number of anilines is 2. The summed E-state index contributed by atoms with van der Waals surface area (Å²) in [6.07, 6.45) is 3.36. The van der Waals surface area contributed by atoms with Crippen molar-refractivity contribution in [3.05, 3.63) is 54.4 Å². The third-order valence-corrected chi connectivity index (χ3v) is 3.21. The fourth-order valence-electron chi connectivity index (χ4n) is 2.16. The van der Waals surface area contributed by atoms with Gasteiger partial charge < -0.3 is 10.6 Å². The van der Waals surface area contributed by atoms with Crippen LogP contribution in [0.1, 0.15) is 16.8 Å². The molecule has 1 amide bonds. The highest BCUT2D eigenvalue weighted by Crippen LogP contribution is 2.26. The summed E-state index contributed by atoms with van der Waals surface area (Å²) in [6, 6.07) is 10.1. The van der Waals surface area contributed by atoms with Crippen LogP contribution in [0, 0.1) is 0 Å². The molecule has 20 heavy (non-hydrogen) atoms. The predicted molar refractivity (Wildman–Crippen MR) is 75.7 cm³/mol. The molecule has 1 aliphatic heterocycles. The SMILES string of the molecule is O=C(CC1Nc2cnccc2NC1=O)c1ccccc1. The number of Topliss-reactive ketones (excluding diaryl/α,β-unsaturated/α-hetero) is 1. The van der Waals surface area contributed by atoms with E-state index in [1.54, 1.807) is 42.7 Å². The molecule has 0 aliphatic carbocycles. The summed E-state index contributed by atoms with van der Waals surface area (Å²) in [5.41, 5.74) is 2.03. The fraction of sp³-hybridized carbons (Fsp3) is 0.133. The zero-order valence-corrected chi connectivity index (χ0v) is 10.7. The van der Waals surface area contributed by atoms with Crippen LogP contribution in [0.3, 0.4) is 0 Å². The van der Waals surface area contributed by atoms with Gasteiger partial charge in [0.1, 0.15) is 6.04 Å². The van der Waals surface area contributed by atoms with Crippen LogP contribution < -0.4 is 10.6 Å². The number of pyridine rings is 1. The number of hydrogen-bond donors (Lipinski definition) is 2. The summed E-state index contributed by atoms with van der Waals surface area (Å²) in [4.78, 5) is 28.1. The molecule has 3 rings (SSSR count). The smallest absolute Gasteiger partial charge is 0.247 e. The molecule has 1 aromatic heterocycles. The topological polar surface area (TPSA) is 71.1 Å². The maximum atomic E-state index is 12.1. The molecule has 0 saturated heterocycles. The minimum Gasteiger partial charge on any atom is -0.370 e. The summed E-state index contributed by atoms with van der Waals surface area (Å²) in [5.74, 6) is -0.265. The minimum absolute atomic E-state index is 0.0643. The van der Waals surface area contributed by atoms with Gasteiger partial charge in [-0.2, -0.15) is 0 Å². The Morgan fingerprint density at radius 2 is 1.95 bits per heavy atom. The monoisotopic (exact) mass is 267 g/mol. The predicted octanol–water partition coefficient (Wildman–Crippen LogP) is 2.09. The Morgan fingerprint density at radius 1 is 1.15 bits per heavy atom. The third kappa shape index (κ3) is 2.38. The van der Waals surface area contributed by atoms with Crippen LogP contribution in [-0.4, -0.2) is 22.7 Å². The molecular weight excluding hydrogens is 254 g/mol. The minimum atomic E-state index is -0.570. The molecule has 5 heteroatoms. The summed E-state index contributed by atoms with van der Waals surface area (Å²) >= 11 is 0. The van der Waals surface area contributed by atoms with Crippen molar-refractivity contribution >= 4 is 23.1 Å². The van der Waals surface area contributed by atoms with Gasteiger partial charge in [0.15, 0.2) is 5.78 Å². The Morgan fingerprint density at radius 3 is 2.75 bits per heavy atom. The first kappa shape index (κ1) is 12.3. The number of fused-ring (bicyclic) bond motifs is 1. The van der Waals surface area contributed by atoms with Gasteiger partial charge in [0.25, 0.3) is 0 Å². The second-order valence-corrected chi connectivity index (χ2v) is 4.60. The zero-order chi connectivity index (χ0) is 13.9. The molecule has 5 nitrogen and oxygen atoms in total. The van der Waals surface area contributed by atoms with Gasteiger partial charge in [-0.3, -0.25) is 14.6 Å². The Balaban J connectivity index is 1.76. The summed E-state index contributed by atoms with van der Waals surface area (Å²) in [6.45, 7) is 0. The molecule has 2 heterocycles. The lowest BCUT2D eigenvalue weighted by Crippen LogP contribution is -2.40. The van der Waals surface area contributed by atoms with Gasteiger partial charge in [0, 0.05) is 18.2 Å². The highest BCUT2D eigenvalue weighted by Gasteiger charge is 2.27. The molecule has 100 valence electrons. The first-order valence-corrected chi connectivity index (χ1v) is 6.34. The lowest BCUT2D eigenvalue weighted by molar-refractivity contribution is -0.117. The van der Waals surface area contributed by atoms with Crippen molar-refractivity contribution in [2.75, 3.05) is 10.6 Å². The lowest BCUT2D eigenvalue weighted by Gasteiger charge is -2.25. The largest absolute Gasteiger partial charge is 0.370 e. The van der Waals surface area contributed by atoms with Gasteiger partial charge >= 0.3 is 0 Å². The molecule has 0 spiro atoms. The fourth-order valence-corrected chi connectivity index (χ4v) is 2.16. The van der Waals surface area contributed by atoms with Crippen LogP contribution in [0.2, 0.25) is 0 Å². The van der Waals surface area contributed by atoms with Crippen molar-refractivity contribution < 1.29 is 9.59 Å². The number of amides is 1. The second-order valence-electron chi connectivity index (χ2n) is 4.60. The van der Waals surface area contributed by atoms with Crippen molar-refractivity contribution in [2.24, 2.45) is 0 Å². The standard InChI is InChI=1S/C15H13N3O2/c19-14(10-4-2-1-3-5-10)8-12-15(20)18-11-6-7-16-9-13(11)17-12/h1-7,9,12,17H,8H2,(H,18,20). The normalized spacial score (nSPS) is 16.8. The maximum absolute atomic E-state index is 12.1. The van der Waals surface area contributed by atoms with E-state index in [2.05, 4.69) is 15.6 Å². The number of carbonyl (C=O) groups excluding carboxylic acids is 2. The van der Waals surface area contributed by atoms with Crippen molar-refractivity contribution in [3.63, 3.8) is 0 Å². The van der Waals surface area contributed by atoms with Gasteiger partial charge in [0.2, 0.25) is 5.91 Å². The van der Waals surface area contributed by atoms with E-state index in [1.165, 1.54) is 0 Å². The Kier molecular flexibility index (Phi) is 3.16. The van der Waals surface area contributed by atoms with Crippen LogP contribution in [0.5, 0.6) is 0 Å². The number of nitrogens with one attached hydrogen (secondary N) is 2. The number of ketones is 1. The lowest BCUT2D eigenvalue weighted by atomic mass is 10.0. The van der Waals surface area contributed by atoms with E-state index in [1.807, 2.05) is 6.07 Å². The average molecular weight is 267 g/mol. The molecule has 1 atom stereocenters. The van der Waals surface area contributed by atoms with E-state index >= 15 is 0 Å². The first-order valence-electron chi connectivity index (χ1n) is 6.34. The van der Waals surface area contributed by atoms with Gasteiger partial charge in [-0.1, -0.05) is 30.3 Å². The van der Waals surface area contributed by atoms with Crippen LogP contribution in [0.4, 0.5) is 11.4 Å². The van der Waals surface area contributed by atoms with E-state index in [4.69, 9.17) is 0 Å². The Bertz CT molecular complexity index is 655. The van der Waals surface area contributed by atoms with E-state index in [0.717, 1.165) is 5.69 Å². The average Bonchev–Trinajstić information content (AvgIpc) is 2.49. The highest BCUT2D eigenvalue weighted by molar-refractivity contribution is 6.07. The van der Waals surface area contributed by atoms with Crippen LogP contribution in [0.25, 0.3) is 0 Å². The summed E-state index contributed by atoms with van der Waals surface area (Å²) in [5, 5.41) is 5.83. The van der Waals surface area contributed by atoms with Crippen molar-refractivity contribution in [1.29, 1.82) is 0 Å². The molecule has 0 fully saturated rings. The molecule has 0 radical (unpaired) electrons. The van der Waals surface area contributed by atoms with Crippen LogP contribution in [0.15, 0.2) is 48.8 Å². The second kappa shape index (κ2) is 5.13. The molecule has 1 aliphatic rings. The zero-order valence-electron chi connectivity index (χ0n) is 10.7. The highest BCUT2D eigenvalue weighted by atomic mass is 16.2. The number of nitrogens with zero attached hydrogens (tertiary/aromatic N) is 1. The Hall–Kier alpha value is -2.69. The molecule has 0 bridgehead atoms. The first-order chi connectivity index (χ1) is 9.74. The molecule has 2 N–H and O–H groups in total. The number of hydrogen-bond acceptors (Lipinski definition) is 4. The van der Waals surface area contributed by atoms with Crippen molar-refractivity contribution in [1.82, 2.24) is 4.98 Å². The molecule has 1 aromatic carbocycles. The summed E-state index contributed by atoms with van der Waals surface area (Å²) < 4.78 is 0. The number of rotatable bonds is 3. The van der Waals surface area contributed by atoms with Crippen LogP contribution in [-0.2, 0) is 4.79 Å². The Labute approximate surface area is 116 Å². The number of benzene rings is 1. The van der Waals surface area contributed by atoms with E-state index in [0.29, 0.717) is 11.3 Å². The number of aromatic nitrogens is 1. The van der Waals surface area contributed by atoms with Crippen molar-refractivity contribution in [3.8, 4) is 0 Å². The van der Waals surface area contributed by atoms with Gasteiger partial charge in [-0.25, -0.2) is 0 Å². The summed E-state index contributed by atoms with van der Waals surface area (Å²) in [7, 11) is 0. The molecule has 0 saturated carbocycles. The third-order valence-electron chi connectivity index (χ3n) is 3.21. The van der Waals surface area contributed by atoms with E-state index in [9.17, 15) is 9.59 Å². The van der Waals surface area contributed by atoms with Gasteiger partial charge in [-0.15, -0.1) is 0 Å². The number of carbonyl (C=O) groups is 2. The van der Waals surface area contributed by atoms with E-state index < -0.39 is 6.04 Å². The maximum Gasteiger partial charge on any atom is 0.247 e. The quantitative estimate of drug-likeness (QED) is 0.835. The molecule has 2 aromatic rings. The van der Waals surface area contributed by atoms with Gasteiger partial charge in [0.05, 0.1) is 17.6 Å². The van der Waals surface area contributed by atoms with Crippen molar-refractivity contribution in [2.45, 2.75) is 12.5 Å². The molecule has 1 unspecified atom stereocenters.